The van der Waals surface area contributed by atoms with Gasteiger partial charge in [-0.25, -0.2) is 0 Å². The van der Waals surface area contributed by atoms with E-state index in [0.717, 1.165) is 38.4 Å². The predicted molar refractivity (Wildman–Crippen MR) is 92.7 cm³/mol. The van der Waals surface area contributed by atoms with Crippen molar-refractivity contribution in [1.82, 2.24) is 10.2 Å². The number of methoxy groups -OCH3 is 1. The van der Waals surface area contributed by atoms with E-state index in [2.05, 4.69) is 10.2 Å². The highest BCUT2D eigenvalue weighted by Crippen LogP contribution is 2.31. The first-order chi connectivity index (χ1) is 12.2. The zero-order chi connectivity index (χ0) is 17.9. The third-order valence-corrected chi connectivity index (χ3v) is 3.99. The molecule has 0 saturated carbocycles. The van der Waals surface area contributed by atoms with Crippen LogP contribution in [0, 0.1) is 11.3 Å². The average molecular weight is 347 g/mol. The minimum absolute atomic E-state index is 0.124. The molecule has 0 radical (unpaired) electrons. The molecule has 1 heterocycles. The van der Waals surface area contributed by atoms with Crippen molar-refractivity contribution in [1.29, 1.82) is 5.26 Å². The lowest BCUT2D eigenvalue weighted by atomic mass is 10.1. The first-order valence-corrected chi connectivity index (χ1v) is 8.47. The smallest absolute Gasteiger partial charge is 0.234 e. The number of nitrogens with one attached hydrogen (secondary N) is 1. The SMILES string of the molecule is COc1cccc(CCNC(=O)CC#N)c1OCCN1CCOCC1. The fourth-order valence-corrected chi connectivity index (χ4v) is 2.66. The number of rotatable bonds is 9. The van der Waals surface area contributed by atoms with Crippen LogP contribution in [0.4, 0.5) is 0 Å². The van der Waals surface area contributed by atoms with E-state index in [9.17, 15) is 4.79 Å². The van der Waals surface area contributed by atoms with Gasteiger partial charge in [0.1, 0.15) is 13.0 Å². The van der Waals surface area contributed by atoms with E-state index in [1.54, 1.807) is 7.11 Å². The van der Waals surface area contributed by atoms with Crippen LogP contribution in [0.2, 0.25) is 0 Å². The van der Waals surface area contributed by atoms with E-state index in [4.69, 9.17) is 19.5 Å². The van der Waals surface area contributed by atoms with Crippen LogP contribution in [0.1, 0.15) is 12.0 Å². The van der Waals surface area contributed by atoms with Crippen molar-refractivity contribution < 1.29 is 19.0 Å². The molecule has 25 heavy (non-hydrogen) atoms. The van der Waals surface area contributed by atoms with E-state index in [0.29, 0.717) is 31.1 Å². The molecule has 1 fully saturated rings. The summed E-state index contributed by atoms with van der Waals surface area (Å²) >= 11 is 0. The van der Waals surface area contributed by atoms with Gasteiger partial charge in [0.2, 0.25) is 5.91 Å². The largest absolute Gasteiger partial charge is 0.493 e. The van der Waals surface area contributed by atoms with Crippen molar-refractivity contribution in [2.75, 3.05) is 53.1 Å². The number of nitrogens with zero attached hydrogens (tertiary/aromatic N) is 2. The van der Waals surface area contributed by atoms with E-state index < -0.39 is 0 Å². The Balaban J connectivity index is 1.90. The quantitative estimate of drug-likeness (QED) is 0.717. The number of para-hydroxylation sites is 1. The first-order valence-electron chi connectivity index (χ1n) is 8.47. The van der Waals surface area contributed by atoms with Gasteiger partial charge in [0.05, 0.1) is 26.4 Å². The molecule has 136 valence electrons. The first kappa shape index (κ1) is 19.0. The van der Waals surface area contributed by atoms with Crippen molar-refractivity contribution in [2.45, 2.75) is 12.8 Å². The summed E-state index contributed by atoms with van der Waals surface area (Å²) in [5.74, 6) is 1.14. The van der Waals surface area contributed by atoms with Gasteiger partial charge in [0.15, 0.2) is 11.5 Å². The zero-order valence-corrected chi connectivity index (χ0v) is 14.6. The average Bonchev–Trinajstić information content (AvgIpc) is 2.63. The molecular weight excluding hydrogens is 322 g/mol. The molecule has 0 atom stereocenters. The number of morpholine rings is 1. The van der Waals surface area contributed by atoms with E-state index >= 15 is 0 Å². The number of ether oxygens (including phenoxy) is 3. The maximum Gasteiger partial charge on any atom is 0.234 e. The zero-order valence-electron chi connectivity index (χ0n) is 14.6. The van der Waals surface area contributed by atoms with Crippen molar-refractivity contribution in [3.05, 3.63) is 23.8 Å². The fourth-order valence-electron chi connectivity index (χ4n) is 2.66. The number of carbonyl (C=O) groups excluding carboxylic acids is 1. The maximum atomic E-state index is 11.4. The molecule has 0 unspecified atom stereocenters. The van der Waals surface area contributed by atoms with Crippen LogP contribution in [0.15, 0.2) is 18.2 Å². The van der Waals surface area contributed by atoms with Crippen molar-refractivity contribution >= 4 is 5.91 Å². The molecule has 0 bridgehead atoms. The second-order valence-corrected chi connectivity index (χ2v) is 5.69. The molecule has 2 rings (SSSR count). The van der Waals surface area contributed by atoms with Crippen LogP contribution in [-0.2, 0) is 16.0 Å². The molecule has 0 spiro atoms. The summed E-state index contributed by atoms with van der Waals surface area (Å²) in [4.78, 5) is 13.7. The lowest BCUT2D eigenvalue weighted by molar-refractivity contribution is -0.120. The Bertz CT molecular complexity index is 594. The minimum Gasteiger partial charge on any atom is -0.493 e. The minimum atomic E-state index is -0.264. The van der Waals surface area contributed by atoms with E-state index in [1.165, 1.54) is 0 Å². The summed E-state index contributed by atoms with van der Waals surface area (Å²) in [6, 6.07) is 7.56. The molecule has 0 aliphatic carbocycles. The molecular formula is C18H25N3O4. The van der Waals surface area contributed by atoms with Gasteiger partial charge < -0.3 is 19.5 Å². The van der Waals surface area contributed by atoms with Crippen LogP contribution in [0.25, 0.3) is 0 Å². The summed E-state index contributed by atoms with van der Waals surface area (Å²) < 4.78 is 16.7. The Morgan fingerprint density at radius 2 is 2.20 bits per heavy atom. The summed E-state index contributed by atoms with van der Waals surface area (Å²) in [7, 11) is 1.61. The van der Waals surface area contributed by atoms with Gasteiger partial charge in [-0.1, -0.05) is 12.1 Å². The van der Waals surface area contributed by atoms with Gasteiger partial charge >= 0.3 is 0 Å². The van der Waals surface area contributed by atoms with Gasteiger partial charge in [-0.2, -0.15) is 5.26 Å². The third-order valence-electron chi connectivity index (χ3n) is 3.99. The number of nitriles is 1. The molecule has 1 aliphatic rings. The van der Waals surface area contributed by atoms with Crippen molar-refractivity contribution in [3.8, 4) is 17.6 Å². The molecule has 7 nitrogen and oxygen atoms in total. The summed E-state index contributed by atoms with van der Waals surface area (Å²) in [5.41, 5.74) is 0.971. The number of hydrogen-bond donors (Lipinski definition) is 1. The standard InChI is InChI=1S/C18H25N3O4/c1-23-16-4-2-3-15(6-8-20-17(22)5-7-19)18(16)25-14-11-21-9-12-24-13-10-21/h2-4H,5-6,8-14H2,1H3,(H,20,22). The van der Waals surface area contributed by atoms with Crippen LogP contribution >= 0.6 is 0 Å². The molecule has 1 aliphatic heterocycles. The maximum absolute atomic E-state index is 11.4. The summed E-state index contributed by atoms with van der Waals surface area (Å²) in [6.07, 6.45) is 0.488. The van der Waals surface area contributed by atoms with Gasteiger partial charge in [-0.15, -0.1) is 0 Å². The normalized spacial score (nSPS) is 14.6. The fraction of sp³-hybridized carbons (Fsp3) is 0.556. The number of hydrogen-bond acceptors (Lipinski definition) is 6. The third kappa shape index (κ3) is 6.25. The summed E-state index contributed by atoms with van der Waals surface area (Å²) in [6.45, 7) is 5.23. The second kappa shape index (κ2) is 10.5. The van der Waals surface area contributed by atoms with Crippen LogP contribution < -0.4 is 14.8 Å². The Morgan fingerprint density at radius 1 is 1.40 bits per heavy atom. The van der Waals surface area contributed by atoms with Crippen LogP contribution in [0.3, 0.4) is 0 Å². The monoisotopic (exact) mass is 347 g/mol. The highest BCUT2D eigenvalue weighted by molar-refractivity contribution is 5.77. The highest BCUT2D eigenvalue weighted by atomic mass is 16.5. The number of amides is 1. The predicted octanol–water partition coefficient (Wildman–Crippen LogP) is 0.979. The van der Waals surface area contributed by atoms with E-state index in [1.807, 2.05) is 24.3 Å². The van der Waals surface area contributed by atoms with E-state index in [-0.39, 0.29) is 12.3 Å². The number of carbonyl (C=O) groups is 1. The van der Waals surface area contributed by atoms with Gasteiger partial charge in [-0.05, 0) is 18.1 Å². The lowest BCUT2D eigenvalue weighted by Crippen LogP contribution is -2.38. The Hall–Kier alpha value is -2.30. The molecule has 0 aromatic heterocycles. The van der Waals surface area contributed by atoms with Crippen molar-refractivity contribution in [2.24, 2.45) is 0 Å². The van der Waals surface area contributed by atoms with Gasteiger partial charge in [0.25, 0.3) is 0 Å². The van der Waals surface area contributed by atoms with Gasteiger partial charge in [0, 0.05) is 26.2 Å². The Morgan fingerprint density at radius 3 is 2.92 bits per heavy atom. The summed E-state index contributed by atoms with van der Waals surface area (Å²) in [5, 5.41) is 11.2. The highest BCUT2D eigenvalue weighted by Gasteiger charge is 2.13. The Labute approximate surface area is 148 Å². The van der Waals surface area contributed by atoms with Gasteiger partial charge in [-0.3, -0.25) is 9.69 Å². The second-order valence-electron chi connectivity index (χ2n) is 5.69. The van der Waals surface area contributed by atoms with Crippen LogP contribution in [-0.4, -0.2) is 63.9 Å². The molecule has 1 saturated heterocycles. The molecule has 1 amide bonds. The van der Waals surface area contributed by atoms with Crippen LogP contribution in [0.5, 0.6) is 11.5 Å². The van der Waals surface area contributed by atoms with Crippen molar-refractivity contribution in [3.63, 3.8) is 0 Å². The topological polar surface area (TPSA) is 83.8 Å². The number of benzene rings is 1. The molecule has 1 aromatic carbocycles. The Kier molecular flexibility index (Phi) is 8.02. The lowest BCUT2D eigenvalue weighted by Gasteiger charge is -2.26. The molecule has 1 N–H and O–H groups in total. The molecule has 1 aromatic rings. The molecule has 7 heteroatoms.